The molecular weight excluding hydrogens is 206 g/mol. The molecule has 1 aromatic carbocycles. The minimum absolute atomic E-state index is 0.0463. The highest BCUT2D eigenvalue weighted by Crippen LogP contribution is 2.33. The summed E-state index contributed by atoms with van der Waals surface area (Å²) in [4.78, 5) is 11.8. The molecule has 0 saturated heterocycles. The van der Waals surface area contributed by atoms with Crippen LogP contribution in [-0.2, 0) is 0 Å². The van der Waals surface area contributed by atoms with Crippen LogP contribution < -0.4 is 5.32 Å². The van der Waals surface area contributed by atoms with E-state index in [4.69, 9.17) is 0 Å². The number of phenols is 2. The molecule has 1 saturated carbocycles. The minimum atomic E-state index is -0.421. The molecule has 1 atom stereocenters. The van der Waals surface area contributed by atoms with E-state index < -0.39 is 5.91 Å². The SMILES string of the molecule is CC(NC(=O)c1c(O)cccc1O)C1CC1. The summed E-state index contributed by atoms with van der Waals surface area (Å²) < 4.78 is 0. The molecule has 0 bridgehead atoms. The fourth-order valence-electron chi connectivity index (χ4n) is 1.75. The van der Waals surface area contributed by atoms with E-state index in [1.54, 1.807) is 0 Å². The summed E-state index contributed by atoms with van der Waals surface area (Å²) >= 11 is 0. The van der Waals surface area contributed by atoms with Crippen LogP contribution in [0.5, 0.6) is 11.5 Å². The molecule has 1 aliphatic carbocycles. The average Bonchev–Trinajstić information content (AvgIpc) is 2.99. The van der Waals surface area contributed by atoms with Crippen LogP contribution in [-0.4, -0.2) is 22.2 Å². The molecule has 1 aliphatic rings. The summed E-state index contributed by atoms with van der Waals surface area (Å²) in [5.74, 6) is -0.270. The molecule has 0 aromatic heterocycles. The number of phenolic OH excluding ortho intramolecular Hbond substituents is 2. The Kier molecular flexibility index (Phi) is 2.73. The Morgan fingerprint density at radius 1 is 1.38 bits per heavy atom. The molecule has 86 valence electrons. The molecule has 1 aromatic rings. The summed E-state index contributed by atoms with van der Waals surface area (Å²) in [5.41, 5.74) is -0.0463. The van der Waals surface area contributed by atoms with E-state index in [2.05, 4.69) is 5.32 Å². The van der Waals surface area contributed by atoms with Gasteiger partial charge in [-0.2, -0.15) is 0 Å². The highest BCUT2D eigenvalue weighted by Gasteiger charge is 2.30. The van der Waals surface area contributed by atoms with Crippen molar-refractivity contribution >= 4 is 5.91 Å². The number of nitrogens with one attached hydrogen (secondary N) is 1. The number of hydrogen-bond acceptors (Lipinski definition) is 3. The van der Waals surface area contributed by atoms with Gasteiger partial charge in [-0.05, 0) is 37.8 Å². The molecule has 1 unspecified atom stereocenters. The maximum atomic E-state index is 11.8. The standard InChI is InChI=1S/C12H15NO3/c1-7(8-5-6-8)13-12(16)11-9(14)3-2-4-10(11)15/h2-4,7-8,14-15H,5-6H2,1H3,(H,13,16). The van der Waals surface area contributed by atoms with Crippen LogP contribution in [0.1, 0.15) is 30.1 Å². The molecule has 0 aliphatic heterocycles. The summed E-state index contributed by atoms with van der Waals surface area (Å²) in [6.07, 6.45) is 2.27. The van der Waals surface area contributed by atoms with Crippen LogP contribution in [0.2, 0.25) is 0 Å². The van der Waals surface area contributed by atoms with Gasteiger partial charge in [0.1, 0.15) is 17.1 Å². The molecule has 2 rings (SSSR count). The van der Waals surface area contributed by atoms with Crippen molar-refractivity contribution in [3.05, 3.63) is 23.8 Å². The van der Waals surface area contributed by atoms with Gasteiger partial charge in [-0.1, -0.05) is 6.07 Å². The van der Waals surface area contributed by atoms with Crippen molar-refractivity contribution in [3.63, 3.8) is 0 Å². The van der Waals surface area contributed by atoms with Gasteiger partial charge in [0.15, 0.2) is 0 Å². The van der Waals surface area contributed by atoms with E-state index in [0.29, 0.717) is 5.92 Å². The first-order valence-electron chi connectivity index (χ1n) is 5.41. The van der Waals surface area contributed by atoms with Crippen LogP contribution in [0.4, 0.5) is 0 Å². The lowest BCUT2D eigenvalue weighted by Crippen LogP contribution is -2.34. The molecular formula is C12H15NO3. The minimum Gasteiger partial charge on any atom is -0.507 e. The van der Waals surface area contributed by atoms with E-state index in [-0.39, 0.29) is 23.1 Å². The zero-order valence-corrected chi connectivity index (χ0v) is 9.10. The predicted molar refractivity (Wildman–Crippen MR) is 59.4 cm³/mol. The van der Waals surface area contributed by atoms with E-state index in [1.807, 2.05) is 6.92 Å². The van der Waals surface area contributed by atoms with E-state index in [9.17, 15) is 15.0 Å². The number of amides is 1. The van der Waals surface area contributed by atoms with Crippen LogP contribution >= 0.6 is 0 Å². The van der Waals surface area contributed by atoms with Crippen molar-refractivity contribution in [2.45, 2.75) is 25.8 Å². The van der Waals surface area contributed by atoms with Gasteiger partial charge in [0, 0.05) is 6.04 Å². The van der Waals surface area contributed by atoms with Gasteiger partial charge in [-0.3, -0.25) is 4.79 Å². The number of carbonyl (C=O) groups excluding carboxylic acids is 1. The Labute approximate surface area is 93.9 Å². The third-order valence-corrected chi connectivity index (χ3v) is 2.94. The Balaban J connectivity index is 2.13. The summed E-state index contributed by atoms with van der Waals surface area (Å²) in [6, 6.07) is 4.35. The lowest BCUT2D eigenvalue weighted by Gasteiger charge is -2.14. The van der Waals surface area contributed by atoms with E-state index >= 15 is 0 Å². The molecule has 4 heteroatoms. The van der Waals surface area contributed by atoms with Gasteiger partial charge in [0.2, 0.25) is 0 Å². The number of hydrogen-bond donors (Lipinski definition) is 3. The second-order valence-corrected chi connectivity index (χ2v) is 4.27. The predicted octanol–water partition coefficient (Wildman–Crippen LogP) is 1.63. The molecule has 16 heavy (non-hydrogen) atoms. The van der Waals surface area contributed by atoms with Crippen molar-refractivity contribution in [2.24, 2.45) is 5.92 Å². The van der Waals surface area contributed by atoms with Crippen molar-refractivity contribution < 1.29 is 15.0 Å². The van der Waals surface area contributed by atoms with Crippen LogP contribution in [0.15, 0.2) is 18.2 Å². The van der Waals surface area contributed by atoms with Gasteiger partial charge in [-0.25, -0.2) is 0 Å². The summed E-state index contributed by atoms with van der Waals surface area (Å²) in [7, 11) is 0. The lowest BCUT2D eigenvalue weighted by molar-refractivity contribution is 0.0930. The molecule has 0 spiro atoms. The largest absolute Gasteiger partial charge is 0.507 e. The second-order valence-electron chi connectivity index (χ2n) is 4.27. The van der Waals surface area contributed by atoms with Crippen molar-refractivity contribution in [2.75, 3.05) is 0 Å². The van der Waals surface area contributed by atoms with Gasteiger partial charge in [0.25, 0.3) is 5.91 Å². The first-order chi connectivity index (χ1) is 7.59. The number of benzene rings is 1. The molecule has 4 nitrogen and oxygen atoms in total. The quantitative estimate of drug-likeness (QED) is 0.726. The summed E-state index contributed by atoms with van der Waals surface area (Å²) in [6.45, 7) is 1.94. The van der Waals surface area contributed by atoms with E-state index in [0.717, 1.165) is 12.8 Å². The Morgan fingerprint density at radius 2 is 1.94 bits per heavy atom. The van der Waals surface area contributed by atoms with E-state index in [1.165, 1.54) is 18.2 Å². The third-order valence-electron chi connectivity index (χ3n) is 2.94. The fourth-order valence-corrected chi connectivity index (χ4v) is 1.75. The fraction of sp³-hybridized carbons (Fsp3) is 0.417. The molecule has 1 fully saturated rings. The first-order valence-corrected chi connectivity index (χ1v) is 5.41. The van der Waals surface area contributed by atoms with Gasteiger partial charge in [-0.15, -0.1) is 0 Å². The smallest absolute Gasteiger partial charge is 0.259 e. The third kappa shape index (κ3) is 2.10. The second kappa shape index (κ2) is 4.04. The van der Waals surface area contributed by atoms with Crippen LogP contribution in [0, 0.1) is 5.92 Å². The van der Waals surface area contributed by atoms with Crippen molar-refractivity contribution in [3.8, 4) is 11.5 Å². The van der Waals surface area contributed by atoms with Crippen LogP contribution in [0.3, 0.4) is 0 Å². The maximum Gasteiger partial charge on any atom is 0.259 e. The number of carbonyl (C=O) groups is 1. The maximum absolute atomic E-state index is 11.8. The highest BCUT2D eigenvalue weighted by atomic mass is 16.3. The zero-order chi connectivity index (χ0) is 11.7. The van der Waals surface area contributed by atoms with Crippen molar-refractivity contribution in [1.29, 1.82) is 0 Å². The van der Waals surface area contributed by atoms with Crippen molar-refractivity contribution in [1.82, 2.24) is 5.32 Å². The first kappa shape index (κ1) is 10.8. The lowest BCUT2D eigenvalue weighted by atomic mass is 10.1. The normalized spacial score (nSPS) is 16.8. The number of rotatable bonds is 3. The van der Waals surface area contributed by atoms with Crippen LogP contribution in [0.25, 0.3) is 0 Å². The monoisotopic (exact) mass is 221 g/mol. The van der Waals surface area contributed by atoms with Gasteiger partial charge in [0.05, 0.1) is 0 Å². The topological polar surface area (TPSA) is 69.6 Å². The average molecular weight is 221 g/mol. The Morgan fingerprint density at radius 3 is 2.44 bits per heavy atom. The summed E-state index contributed by atoms with van der Waals surface area (Å²) in [5, 5.41) is 21.8. The molecule has 1 amide bonds. The van der Waals surface area contributed by atoms with Gasteiger partial charge >= 0.3 is 0 Å². The van der Waals surface area contributed by atoms with Gasteiger partial charge < -0.3 is 15.5 Å². The molecule has 0 heterocycles. The number of aromatic hydroxyl groups is 2. The Bertz CT molecular complexity index is 392. The Hall–Kier alpha value is -1.71. The highest BCUT2D eigenvalue weighted by molar-refractivity contribution is 5.99. The molecule has 0 radical (unpaired) electrons. The zero-order valence-electron chi connectivity index (χ0n) is 9.10. The molecule has 3 N–H and O–H groups in total.